The number of aryl methyl sites for hydroxylation is 1. The Morgan fingerprint density at radius 3 is 2.81 bits per heavy atom. The molecular formula is C22H31N5O4Si. The summed E-state index contributed by atoms with van der Waals surface area (Å²) in [6, 6.07) is 4.64. The highest BCUT2D eigenvalue weighted by atomic mass is 28.3. The molecule has 0 N–H and O–H groups in total. The number of fused-ring (bicyclic) bond motifs is 1. The van der Waals surface area contributed by atoms with Crippen LogP contribution in [0, 0.1) is 17.0 Å². The Labute approximate surface area is 188 Å². The number of hydrogen-bond donors (Lipinski definition) is 0. The van der Waals surface area contributed by atoms with Gasteiger partial charge in [0.25, 0.3) is 5.69 Å². The molecule has 10 heteroatoms. The van der Waals surface area contributed by atoms with Gasteiger partial charge in [-0.25, -0.2) is 9.67 Å². The van der Waals surface area contributed by atoms with Crippen molar-refractivity contribution < 1.29 is 14.4 Å². The SMILES string of the molecule is Cc1ncn(COCC[Si](C)(C)C)c1-c1cc([N+](=O)[O-])c2cnn(C3CCCCO3)c2c1. The number of non-ortho nitro benzene ring substituents is 1. The minimum absolute atomic E-state index is 0.0337. The van der Waals surface area contributed by atoms with E-state index in [9.17, 15) is 10.1 Å². The number of nitro benzene ring substituents is 1. The summed E-state index contributed by atoms with van der Waals surface area (Å²) in [5.41, 5.74) is 3.08. The van der Waals surface area contributed by atoms with Crippen LogP contribution in [-0.4, -0.2) is 45.5 Å². The summed E-state index contributed by atoms with van der Waals surface area (Å²) in [7, 11) is -1.18. The number of nitro groups is 1. The van der Waals surface area contributed by atoms with Crippen molar-refractivity contribution in [1.82, 2.24) is 19.3 Å². The maximum atomic E-state index is 11.9. The average molecular weight is 458 g/mol. The van der Waals surface area contributed by atoms with E-state index < -0.39 is 8.07 Å². The molecular weight excluding hydrogens is 426 g/mol. The first-order chi connectivity index (χ1) is 15.2. The minimum atomic E-state index is -1.18. The van der Waals surface area contributed by atoms with Gasteiger partial charge in [0.1, 0.15) is 6.73 Å². The molecule has 0 aliphatic carbocycles. The van der Waals surface area contributed by atoms with Gasteiger partial charge in [-0.15, -0.1) is 0 Å². The van der Waals surface area contributed by atoms with Crippen LogP contribution in [0.15, 0.2) is 24.7 Å². The lowest BCUT2D eigenvalue weighted by Crippen LogP contribution is -2.22. The third-order valence-electron chi connectivity index (χ3n) is 5.84. The number of nitrogens with zero attached hydrogens (tertiary/aromatic N) is 5. The second-order valence-electron chi connectivity index (χ2n) is 9.59. The van der Waals surface area contributed by atoms with Crippen LogP contribution in [0.4, 0.5) is 5.69 Å². The first kappa shape index (κ1) is 22.6. The van der Waals surface area contributed by atoms with Crippen LogP contribution in [0.25, 0.3) is 22.2 Å². The highest BCUT2D eigenvalue weighted by molar-refractivity contribution is 6.76. The fourth-order valence-corrected chi connectivity index (χ4v) is 4.81. The molecule has 4 rings (SSSR count). The van der Waals surface area contributed by atoms with Gasteiger partial charge in [-0.05, 0) is 38.3 Å². The highest BCUT2D eigenvalue weighted by Gasteiger charge is 2.25. The van der Waals surface area contributed by atoms with Gasteiger partial charge in [0.05, 0.1) is 39.7 Å². The van der Waals surface area contributed by atoms with Crippen LogP contribution in [-0.2, 0) is 16.2 Å². The van der Waals surface area contributed by atoms with Crippen LogP contribution in [0.1, 0.15) is 31.2 Å². The molecule has 0 spiro atoms. The molecule has 32 heavy (non-hydrogen) atoms. The first-order valence-corrected chi connectivity index (χ1v) is 14.8. The molecule has 1 saturated heterocycles. The maximum absolute atomic E-state index is 11.9. The largest absolute Gasteiger partial charge is 0.361 e. The van der Waals surface area contributed by atoms with E-state index in [2.05, 4.69) is 29.7 Å². The molecule has 1 aromatic carbocycles. The lowest BCUT2D eigenvalue weighted by atomic mass is 10.1. The topological polar surface area (TPSA) is 97.2 Å². The molecule has 0 amide bonds. The summed E-state index contributed by atoms with van der Waals surface area (Å²) in [6.45, 7) is 10.6. The van der Waals surface area contributed by atoms with Crippen LogP contribution >= 0.6 is 0 Å². The number of rotatable bonds is 8. The van der Waals surface area contributed by atoms with Gasteiger partial charge in [0.15, 0.2) is 6.23 Å². The molecule has 1 fully saturated rings. The quantitative estimate of drug-likeness (QED) is 0.201. The Morgan fingerprint density at radius 1 is 1.31 bits per heavy atom. The third kappa shape index (κ3) is 4.77. The fraction of sp³-hybridized carbons (Fsp3) is 0.545. The van der Waals surface area contributed by atoms with Crippen molar-refractivity contribution in [3.8, 4) is 11.3 Å². The van der Waals surface area contributed by atoms with Gasteiger partial charge < -0.3 is 14.0 Å². The van der Waals surface area contributed by atoms with Crippen molar-refractivity contribution in [2.24, 2.45) is 0 Å². The lowest BCUT2D eigenvalue weighted by molar-refractivity contribution is -0.383. The molecule has 172 valence electrons. The van der Waals surface area contributed by atoms with Crippen molar-refractivity contribution >= 4 is 24.7 Å². The molecule has 2 aromatic heterocycles. The monoisotopic (exact) mass is 457 g/mol. The summed E-state index contributed by atoms with van der Waals surface area (Å²) in [5, 5.41) is 16.9. The van der Waals surface area contributed by atoms with Crippen molar-refractivity contribution in [2.75, 3.05) is 13.2 Å². The average Bonchev–Trinajstić information content (AvgIpc) is 3.33. The van der Waals surface area contributed by atoms with E-state index in [1.54, 1.807) is 23.3 Å². The van der Waals surface area contributed by atoms with E-state index in [1.165, 1.54) is 0 Å². The molecule has 0 saturated carbocycles. The Kier molecular flexibility index (Phi) is 6.45. The molecule has 1 atom stereocenters. The third-order valence-corrected chi connectivity index (χ3v) is 7.54. The maximum Gasteiger partial charge on any atom is 0.281 e. The summed E-state index contributed by atoms with van der Waals surface area (Å²) >= 11 is 0. The van der Waals surface area contributed by atoms with Gasteiger partial charge >= 0.3 is 0 Å². The number of benzene rings is 1. The highest BCUT2D eigenvalue weighted by Crippen LogP contribution is 2.36. The Hall–Kier alpha value is -2.56. The molecule has 3 aromatic rings. The molecule has 3 heterocycles. The van der Waals surface area contributed by atoms with Gasteiger partial charge in [-0.3, -0.25) is 10.1 Å². The standard InChI is InChI=1S/C22H31N5O4Si/c1-16-22(25(14-23-16)15-30-9-10-32(2,3)4)17-11-19-18(20(12-17)27(28)29)13-24-26(19)21-7-5-6-8-31-21/h11-14,21H,5-10,15H2,1-4H3. The molecule has 1 unspecified atom stereocenters. The van der Waals surface area contributed by atoms with E-state index >= 15 is 0 Å². The number of imidazole rings is 1. The zero-order valence-corrected chi connectivity index (χ0v) is 20.2. The van der Waals surface area contributed by atoms with Gasteiger partial charge in [-0.1, -0.05) is 19.6 Å². The normalized spacial score (nSPS) is 17.2. The van der Waals surface area contributed by atoms with Gasteiger partial charge in [-0.2, -0.15) is 5.10 Å². The molecule has 0 bridgehead atoms. The summed E-state index contributed by atoms with van der Waals surface area (Å²) in [6.07, 6.45) is 6.02. The predicted octanol–water partition coefficient (Wildman–Crippen LogP) is 5.13. The minimum Gasteiger partial charge on any atom is -0.361 e. The van der Waals surface area contributed by atoms with E-state index in [0.717, 1.165) is 42.3 Å². The summed E-state index contributed by atoms with van der Waals surface area (Å²) < 4.78 is 15.5. The van der Waals surface area contributed by atoms with Crippen molar-refractivity contribution in [3.63, 3.8) is 0 Å². The zero-order chi connectivity index (χ0) is 22.9. The van der Waals surface area contributed by atoms with Crippen LogP contribution in [0.2, 0.25) is 25.7 Å². The molecule has 9 nitrogen and oxygen atoms in total. The Bertz CT molecular complexity index is 1110. The first-order valence-electron chi connectivity index (χ1n) is 11.1. The van der Waals surface area contributed by atoms with E-state index in [1.807, 2.05) is 17.6 Å². The predicted molar refractivity (Wildman–Crippen MR) is 125 cm³/mol. The van der Waals surface area contributed by atoms with Crippen LogP contribution in [0.5, 0.6) is 0 Å². The zero-order valence-electron chi connectivity index (χ0n) is 19.2. The Morgan fingerprint density at radius 2 is 2.12 bits per heavy atom. The van der Waals surface area contributed by atoms with Crippen molar-refractivity contribution in [3.05, 3.63) is 40.5 Å². The fourth-order valence-electron chi connectivity index (χ4n) is 4.06. The number of hydrogen-bond acceptors (Lipinski definition) is 6. The molecule has 1 aliphatic rings. The van der Waals surface area contributed by atoms with Crippen molar-refractivity contribution in [2.45, 2.75) is 64.8 Å². The van der Waals surface area contributed by atoms with Gasteiger partial charge in [0, 0.05) is 32.9 Å². The second-order valence-corrected chi connectivity index (χ2v) is 15.2. The van der Waals surface area contributed by atoms with E-state index in [4.69, 9.17) is 9.47 Å². The van der Waals surface area contributed by atoms with E-state index in [0.29, 0.717) is 30.8 Å². The van der Waals surface area contributed by atoms with E-state index in [-0.39, 0.29) is 16.8 Å². The summed E-state index contributed by atoms with van der Waals surface area (Å²) in [5.74, 6) is 0. The number of ether oxygens (including phenoxy) is 2. The summed E-state index contributed by atoms with van der Waals surface area (Å²) in [4.78, 5) is 16.0. The van der Waals surface area contributed by atoms with Crippen LogP contribution in [0.3, 0.4) is 0 Å². The van der Waals surface area contributed by atoms with Gasteiger partial charge in [0.2, 0.25) is 0 Å². The molecule has 0 radical (unpaired) electrons. The van der Waals surface area contributed by atoms with Crippen LogP contribution < -0.4 is 0 Å². The smallest absolute Gasteiger partial charge is 0.281 e. The lowest BCUT2D eigenvalue weighted by Gasteiger charge is -2.23. The Balaban J connectivity index is 1.71. The van der Waals surface area contributed by atoms with Crippen molar-refractivity contribution in [1.29, 1.82) is 0 Å². The molecule has 1 aliphatic heterocycles. The second kappa shape index (κ2) is 9.12. The number of aromatic nitrogens is 4.